The highest BCUT2D eigenvalue weighted by Crippen LogP contribution is 2.27. The highest BCUT2D eigenvalue weighted by atomic mass is 32.1. The third kappa shape index (κ3) is 3.11. The van der Waals surface area contributed by atoms with Gasteiger partial charge in [0.25, 0.3) is 5.91 Å². The number of aryl methyl sites for hydroxylation is 1. The Bertz CT molecular complexity index is 1040. The van der Waals surface area contributed by atoms with Crippen LogP contribution in [0, 0.1) is 6.92 Å². The van der Waals surface area contributed by atoms with E-state index in [0.717, 1.165) is 11.3 Å². The number of thiazole rings is 1. The van der Waals surface area contributed by atoms with E-state index >= 15 is 0 Å². The molecular formula is C18H17N5O4S. The van der Waals surface area contributed by atoms with Crippen molar-refractivity contribution in [3.63, 3.8) is 0 Å². The van der Waals surface area contributed by atoms with E-state index in [9.17, 15) is 14.7 Å². The first-order valence-corrected chi connectivity index (χ1v) is 9.38. The number of ether oxygens (including phenoxy) is 1. The number of methoxy groups -OCH3 is 1. The van der Waals surface area contributed by atoms with Crippen molar-refractivity contribution in [2.75, 3.05) is 7.11 Å². The largest absolute Gasteiger partial charge is 0.497 e. The SMILES string of the molecule is COc1ccc(-c2nc(C(=O)N3Cc4nnc(C)n4CC3C(=O)O)cs2)cc1. The highest BCUT2D eigenvalue weighted by Gasteiger charge is 2.37. The Labute approximate surface area is 164 Å². The Hall–Kier alpha value is -3.27. The molecule has 2 aromatic heterocycles. The molecular weight excluding hydrogens is 382 g/mol. The van der Waals surface area contributed by atoms with E-state index in [-0.39, 0.29) is 18.8 Å². The summed E-state index contributed by atoms with van der Waals surface area (Å²) in [6, 6.07) is 6.36. The molecule has 1 aliphatic rings. The van der Waals surface area contributed by atoms with Gasteiger partial charge < -0.3 is 19.3 Å². The van der Waals surface area contributed by atoms with E-state index < -0.39 is 17.9 Å². The van der Waals surface area contributed by atoms with Gasteiger partial charge >= 0.3 is 5.97 Å². The number of nitrogens with zero attached hydrogens (tertiary/aromatic N) is 5. The number of hydrogen-bond acceptors (Lipinski definition) is 7. The van der Waals surface area contributed by atoms with Crippen LogP contribution in [0.4, 0.5) is 0 Å². The van der Waals surface area contributed by atoms with Gasteiger partial charge in [0, 0.05) is 10.9 Å². The summed E-state index contributed by atoms with van der Waals surface area (Å²) in [7, 11) is 1.59. The van der Waals surface area contributed by atoms with Gasteiger partial charge in [-0.15, -0.1) is 21.5 Å². The molecule has 0 bridgehead atoms. The Balaban J connectivity index is 1.61. The van der Waals surface area contributed by atoms with Gasteiger partial charge in [0.1, 0.15) is 28.3 Å². The zero-order valence-electron chi connectivity index (χ0n) is 15.2. The number of benzene rings is 1. The molecule has 1 aliphatic heterocycles. The Kier molecular flexibility index (Phi) is 4.55. The number of hydrogen-bond donors (Lipinski definition) is 1. The summed E-state index contributed by atoms with van der Waals surface area (Å²) < 4.78 is 6.87. The molecule has 0 radical (unpaired) electrons. The first-order valence-electron chi connectivity index (χ1n) is 8.50. The number of carbonyl (C=O) groups is 2. The fourth-order valence-electron chi connectivity index (χ4n) is 3.12. The molecule has 10 heteroatoms. The van der Waals surface area contributed by atoms with Crippen LogP contribution in [0.25, 0.3) is 10.6 Å². The van der Waals surface area contributed by atoms with E-state index in [4.69, 9.17) is 4.74 Å². The lowest BCUT2D eigenvalue weighted by Crippen LogP contribution is -2.50. The topological polar surface area (TPSA) is 110 Å². The number of rotatable bonds is 4. The molecule has 0 spiro atoms. The van der Waals surface area contributed by atoms with Crippen LogP contribution in [0.15, 0.2) is 29.6 Å². The Morgan fingerprint density at radius 1 is 1.25 bits per heavy atom. The molecule has 3 aromatic rings. The number of fused-ring (bicyclic) bond motifs is 1. The average Bonchev–Trinajstić information content (AvgIpc) is 3.34. The molecule has 144 valence electrons. The first-order chi connectivity index (χ1) is 13.5. The van der Waals surface area contributed by atoms with E-state index in [1.54, 1.807) is 24.0 Å². The molecule has 28 heavy (non-hydrogen) atoms. The van der Waals surface area contributed by atoms with Crippen LogP contribution >= 0.6 is 11.3 Å². The highest BCUT2D eigenvalue weighted by molar-refractivity contribution is 7.13. The van der Waals surface area contributed by atoms with Crippen LogP contribution in [-0.4, -0.2) is 54.8 Å². The van der Waals surface area contributed by atoms with Gasteiger partial charge in [-0.1, -0.05) is 0 Å². The fourth-order valence-corrected chi connectivity index (χ4v) is 3.92. The van der Waals surface area contributed by atoms with Crippen LogP contribution in [0.3, 0.4) is 0 Å². The van der Waals surface area contributed by atoms with Gasteiger partial charge in [-0.2, -0.15) is 0 Å². The number of aliphatic carboxylic acids is 1. The van der Waals surface area contributed by atoms with Crippen molar-refractivity contribution in [3.8, 4) is 16.3 Å². The average molecular weight is 399 g/mol. The van der Waals surface area contributed by atoms with Crippen molar-refractivity contribution in [1.29, 1.82) is 0 Å². The summed E-state index contributed by atoms with van der Waals surface area (Å²) in [5.41, 5.74) is 1.07. The minimum Gasteiger partial charge on any atom is -0.497 e. The van der Waals surface area contributed by atoms with Crippen LogP contribution in [0.1, 0.15) is 22.1 Å². The molecule has 0 aliphatic carbocycles. The van der Waals surface area contributed by atoms with E-state index in [0.29, 0.717) is 16.7 Å². The lowest BCUT2D eigenvalue weighted by atomic mass is 10.1. The van der Waals surface area contributed by atoms with E-state index in [2.05, 4.69) is 15.2 Å². The summed E-state index contributed by atoms with van der Waals surface area (Å²) >= 11 is 1.33. The molecule has 1 unspecified atom stereocenters. The van der Waals surface area contributed by atoms with E-state index in [1.165, 1.54) is 16.2 Å². The quantitative estimate of drug-likeness (QED) is 0.712. The van der Waals surface area contributed by atoms with Gasteiger partial charge in [-0.3, -0.25) is 4.79 Å². The first kappa shape index (κ1) is 18.1. The van der Waals surface area contributed by atoms with Crippen LogP contribution < -0.4 is 4.74 Å². The third-order valence-corrected chi connectivity index (χ3v) is 5.55. The van der Waals surface area contributed by atoms with E-state index in [1.807, 2.05) is 24.3 Å². The smallest absolute Gasteiger partial charge is 0.328 e. The zero-order valence-corrected chi connectivity index (χ0v) is 16.0. The summed E-state index contributed by atoms with van der Waals surface area (Å²) in [6.07, 6.45) is 0. The number of amides is 1. The third-order valence-electron chi connectivity index (χ3n) is 4.66. The predicted molar refractivity (Wildman–Crippen MR) is 100 cm³/mol. The van der Waals surface area contributed by atoms with Gasteiger partial charge in [-0.25, -0.2) is 9.78 Å². The monoisotopic (exact) mass is 399 g/mol. The minimum absolute atomic E-state index is 0.0754. The van der Waals surface area contributed by atoms with Crippen molar-refractivity contribution < 1.29 is 19.4 Å². The molecule has 1 amide bonds. The molecule has 9 nitrogen and oxygen atoms in total. The second-order valence-electron chi connectivity index (χ2n) is 6.33. The lowest BCUT2D eigenvalue weighted by Gasteiger charge is -2.33. The molecule has 3 heterocycles. The fraction of sp³-hybridized carbons (Fsp3) is 0.278. The van der Waals surface area contributed by atoms with Crippen molar-refractivity contribution in [2.45, 2.75) is 26.1 Å². The van der Waals surface area contributed by atoms with Gasteiger partial charge in [0.05, 0.1) is 20.2 Å². The van der Waals surface area contributed by atoms with Gasteiger partial charge in [0.15, 0.2) is 5.82 Å². The molecule has 1 atom stereocenters. The molecule has 0 fully saturated rings. The van der Waals surface area contributed by atoms with Gasteiger partial charge in [0.2, 0.25) is 0 Å². The summed E-state index contributed by atoms with van der Waals surface area (Å²) in [6.45, 7) is 1.95. The maximum absolute atomic E-state index is 13.0. The Morgan fingerprint density at radius 2 is 2.00 bits per heavy atom. The van der Waals surface area contributed by atoms with Crippen molar-refractivity contribution in [1.82, 2.24) is 24.6 Å². The summed E-state index contributed by atoms with van der Waals surface area (Å²) in [4.78, 5) is 30.5. The number of aromatic nitrogens is 4. The minimum atomic E-state index is -1.07. The zero-order chi connectivity index (χ0) is 19.8. The summed E-state index contributed by atoms with van der Waals surface area (Å²) in [5.74, 6) is 0.416. The predicted octanol–water partition coefficient (Wildman–Crippen LogP) is 1.83. The standard InChI is InChI=1S/C18H17N5O4S/c1-10-20-21-15-8-23(14(18(25)26)7-22(10)15)17(24)13-9-28-16(19-13)11-3-5-12(27-2)6-4-11/h3-6,9,14H,7-8H2,1-2H3,(H,25,26). The van der Waals surface area contributed by atoms with Crippen molar-refractivity contribution >= 4 is 23.2 Å². The van der Waals surface area contributed by atoms with Crippen molar-refractivity contribution in [2.24, 2.45) is 0 Å². The van der Waals surface area contributed by atoms with Crippen LogP contribution in [-0.2, 0) is 17.9 Å². The number of carboxylic acid groups (broad SMARTS) is 1. The maximum Gasteiger partial charge on any atom is 0.328 e. The molecule has 0 saturated heterocycles. The maximum atomic E-state index is 13.0. The second kappa shape index (κ2) is 7.04. The number of carbonyl (C=O) groups excluding carboxylic acids is 1. The number of carboxylic acids is 1. The second-order valence-corrected chi connectivity index (χ2v) is 7.19. The summed E-state index contributed by atoms with van der Waals surface area (Å²) in [5, 5.41) is 19.9. The Morgan fingerprint density at radius 3 is 2.68 bits per heavy atom. The van der Waals surface area contributed by atoms with Crippen LogP contribution in [0.2, 0.25) is 0 Å². The van der Waals surface area contributed by atoms with Crippen LogP contribution in [0.5, 0.6) is 5.75 Å². The molecule has 0 saturated carbocycles. The molecule has 4 rings (SSSR count). The normalized spacial score (nSPS) is 15.9. The van der Waals surface area contributed by atoms with Gasteiger partial charge in [-0.05, 0) is 31.2 Å². The molecule has 1 aromatic carbocycles. The lowest BCUT2D eigenvalue weighted by molar-refractivity contribution is -0.143. The molecule has 1 N–H and O–H groups in total. The van der Waals surface area contributed by atoms with Crippen molar-refractivity contribution in [3.05, 3.63) is 47.0 Å².